The van der Waals surface area contributed by atoms with Crippen molar-refractivity contribution in [2.75, 3.05) is 26.0 Å². The molecule has 0 heterocycles. The molecule has 0 unspecified atom stereocenters. The predicted octanol–water partition coefficient (Wildman–Crippen LogP) is 1.09. The minimum Gasteiger partial charge on any atom is -0.495 e. The quantitative estimate of drug-likeness (QED) is 0.823. The first-order chi connectivity index (χ1) is 9.35. The minimum absolute atomic E-state index is 0.0276. The van der Waals surface area contributed by atoms with Crippen LogP contribution in [0.1, 0.15) is 6.92 Å². The zero-order chi connectivity index (χ0) is 15.3. The Bertz CT molecular complexity index is 508. The van der Waals surface area contributed by atoms with Crippen LogP contribution in [0, 0.1) is 0 Å². The normalized spacial score (nSPS) is 12.1. The topological polar surface area (TPSA) is 84.7 Å². The van der Waals surface area contributed by atoms with Crippen molar-refractivity contribution in [3.8, 4) is 5.75 Å². The van der Waals surface area contributed by atoms with Crippen molar-refractivity contribution in [3.63, 3.8) is 0 Å². The summed E-state index contributed by atoms with van der Waals surface area (Å²) in [4.78, 5) is 24.5. The van der Waals surface area contributed by atoms with E-state index < -0.39 is 11.9 Å². The first-order valence-corrected chi connectivity index (χ1v) is 6.36. The Morgan fingerprint density at radius 3 is 2.70 bits per heavy atom. The Kier molecular flexibility index (Phi) is 5.79. The van der Waals surface area contributed by atoms with E-state index >= 15 is 0 Å². The fourth-order valence-electron chi connectivity index (χ4n) is 1.55. The lowest BCUT2D eigenvalue weighted by Gasteiger charge is -2.21. The molecule has 0 spiro atoms. The van der Waals surface area contributed by atoms with Gasteiger partial charge in [-0.1, -0.05) is 11.6 Å². The van der Waals surface area contributed by atoms with Crippen LogP contribution in [-0.2, 0) is 9.59 Å². The number of halogens is 1. The van der Waals surface area contributed by atoms with Crippen LogP contribution in [0.2, 0.25) is 5.02 Å². The van der Waals surface area contributed by atoms with Crippen LogP contribution in [0.5, 0.6) is 5.75 Å². The summed E-state index contributed by atoms with van der Waals surface area (Å²) in [6.07, 6.45) is 0. The van der Waals surface area contributed by atoms with Crippen molar-refractivity contribution in [1.82, 2.24) is 4.90 Å². The maximum absolute atomic E-state index is 11.9. The molecule has 1 aromatic carbocycles. The number of methoxy groups -OCH3 is 1. The number of nitrogens with one attached hydrogen (secondary N) is 1. The summed E-state index contributed by atoms with van der Waals surface area (Å²) in [7, 11) is 3.14. The first kappa shape index (κ1) is 16.3. The number of ether oxygens (including phenoxy) is 1. The van der Waals surface area contributed by atoms with Gasteiger partial charge in [0.2, 0.25) is 11.8 Å². The molecule has 0 saturated heterocycles. The molecule has 0 radical (unpaired) electrons. The van der Waals surface area contributed by atoms with Crippen LogP contribution < -0.4 is 15.8 Å². The lowest BCUT2D eigenvalue weighted by molar-refractivity contribution is -0.123. The molecule has 110 valence electrons. The number of hydrogen-bond donors (Lipinski definition) is 2. The monoisotopic (exact) mass is 299 g/mol. The molecular formula is C13H18ClN3O3. The summed E-state index contributed by atoms with van der Waals surface area (Å²) < 4.78 is 5.13. The zero-order valence-electron chi connectivity index (χ0n) is 11.6. The number of nitrogens with two attached hydrogens (primary N) is 1. The van der Waals surface area contributed by atoms with Gasteiger partial charge in [-0.3, -0.25) is 14.5 Å². The molecule has 0 aliphatic heterocycles. The van der Waals surface area contributed by atoms with E-state index in [4.69, 9.17) is 22.1 Å². The van der Waals surface area contributed by atoms with Gasteiger partial charge in [-0.15, -0.1) is 0 Å². The highest BCUT2D eigenvalue weighted by Gasteiger charge is 2.18. The summed E-state index contributed by atoms with van der Waals surface area (Å²) in [5.74, 6) is -0.268. The molecule has 1 rings (SSSR count). The van der Waals surface area contributed by atoms with Gasteiger partial charge >= 0.3 is 0 Å². The second-order valence-electron chi connectivity index (χ2n) is 4.39. The van der Waals surface area contributed by atoms with Gasteiger partial charge < -0.3 is 15.8 Å². The van der Waals surface area contributed by atoms with Gasteiger partial charge in [0, 0.05) is 5.02 Å². The smallest absolute Gasteiger partial charge is 0.238 e. The van der Waals surface area contributed by atoms with E-state index in [1.807, 2.05) is 0 Å². The predicted molar refractivity (Wildman–Crippen MR) is 77.9 cm³/mol. The second kappa shape index (κ2) is 7.12. The average molecular weight is 300 g/mol. The highest BCUT2D eigenvalue weighted by Crippen LogP contribution is 2.27. The lowest BCUT2D eigenvalue weighted by Crippen LogP contribution is -2.43. The van der Waals surface area contributed by atoms with Crippen molar-refractivity contribution < 1.29 is 14.3 Å². The summed E-state index contributed by atoms with van der Waals surface area (Å²) in [6.45, 7) is 1.66. The van der Waals surface area contributed by atoms with Gasteiger partial charge in [-0.25, -0.2) is 0 Å². The Balaban J connectivity index is 2.71. The maximum atomic E-state index is 11.9. The number of benzene rings is 1. The molecule has 7 heteroatoms. The summed E-state index contributed by atoms with van der Waals surface area (Å²) in [6, 6.07) is 4.39. The van der Waals surface area contributed by atoms with E-state index in [9.17, 15) is 9.59 Å². The van der Waals surface area contributed by atoms with Gasteiger partial charge in [0.15, 0.2) is 0 Å². The molecule has 2 amide bonds. The van der Waals surface area contributed by atoms with Crippen molar-refractivity contribution in [1.29, 1.82) is 0 Å². The van der Waals surface area contributed by atoms with E-state index in [1.165, 1.54) is 7.11 Å². The Labute approximate surface area is 122 Å². The number of rotatable bonds is 6. The van der Waals surface area contributed by atoms with Crippen LogP contribution in [0.25, 0.3) is 0 Å². The van der Waals surface area contributed by atoms with Gasteiger partial charge in [0.05, 0.1) is 25.4 Å². The maximum Gasteiger partial charge on any atom is 0.238 e. The molecule has 0 bridgehead atoms. The molecule has 0 aliphatic carbocycles. The average Bonchev–Trinajstić information content (AvgIpc) is 2.37. The number of anilines is 1. The van der Waals surface area contributed by atoms with Crippen molar-refractivity contribution in [2.45, 2.75) is 13.0 Å². The third-order valence-corrected chi connectivity index (χ3v) is 3.14. The molecule has 1 aromatic rings. The van der Waals surface area contributed by atoms with E-state index in [1.54, 1.807) is 37.1 Å². The molecule has 20 heavy (non-hydrogen) atoms. The van der Waals surface area contributed by atoms with Crippen molar-refractivity contribution in [2.24, 2.45) is 5.73 Å². The summed E-state index contributed by atoms with van der Waals surface area (Å²) in [5.41, 5.74) is 5.66. The fraction of sp³-hybridized carbons (Fsp3) is 0.385. The van der Waals surface area contributed by atoms with Crippen LogP contribution in [0.4, 0.5) is 5.69 Å². The Hall–Kier alpha value is -1.79. The van der Waals surface area contributed by atoms with E-state index in [0.717, 1.165) is 0 Å². The van der Waals surface area contributed by atoms with Gasteiger partial charge in [0.1, 0.15) is 5.75 Å². The van der Waals surface area contributed by atoms with E-state index in [2.05, 4.69) is 5.32 Å². The molecule has 0 aliphatic rings. The molecule has 1 atom stereocenters. The lowest BCUT2D eigenvalue weighted by atomic mass is 10.2. The molecule has 6 nitrogen and oxygen atoms in total. The number of hydrogen-bond acceptors (Lipinski definition) is 4. The number of likely N-dealkylation sites (N-methyl/N-ethyl adjacent to an activating group) is 1. The number of carbonyl (C=O) groups is 2. The molecule has 0 aromatic heterocycles. The number of carbonyl (C=O) groups excluding carboxylic acids is 2. The van der Waals surface area contributed by atoms with Gasteiger partial charge in [-0.05, 0) is 32.2 Å². The standard InChI is InChI=1S/C13H18ClN3O3/c1-8(13(15)19)17(2)7-12(18)16-10-6-9(14)4-5-11(10)20-3/h4-6,8H,7H2,1-3H3,(H2,15,19)(H,16,18)/t8-/m0/s1. The highest BCUT2D eigenvalue weighted by molar-refractivity contribution is 6.31. The fourth-order valence-corrected chi connectivity index (χ4v) is 1.72. The summed E-state index contributed by atoms with van der Waals surface area (Å²) in [5, 5.41) is 3.17. The van der Waals surface area contributed by atoms with E-state index in [0.29, 0.717) is 16.5 Å². The van der Waals surface area contributed by atoms with Gasteiger partial charge in [0.25, 0.3) is 0 Å². The zero-order valence-corrected chi connectivity index (χ0v) is 12.4. The van der Waals surface area contributed by atoms with Crippen LogP contribution in [-0.4, -0.2) is 43.5 Å². The third kappa shape index (κ3) is 4.40. The third-order valence-electron chi connectivity index (χ3n) is 2.90. The molecule has 0 fully saturated rings. The largest absolute Gasteiger partial charge is 0.495 e. The number of nitrogens with zero attached hydrogens (tertiary/aromatic N) is 1. The number of primary amides is 1. The molecular weight excluding hydrogens is 282 g/mol. The first-order valence-electron chi connectivity index (χ1n) is 5.98. The van der Waals surface area contributed by atoms with Crippen LogP contribution >= 0.6 is 11.6 Å². The second-order valence-corrected chi connectivity index (χ2v) is 4.82. The Morgan fingerprint density at radius 2 is 2.15 bits per heavy atom. The highest BCUT2D eigenvalue weighted by atomic mass is 35.5. The number of amides is 2. The van der Waals surface area contributed by atoms with Gasteiger partial charge in [-0.2, -0.15) is 0 Å². The van der Waals surface area contributed by atoms with Crippen LogP contribution in [0.15, 0.2) is 18.2 Å². The van der Waals surface area contributed by atoms with Crippen molar-refractivity contribution in [3.05, 3.63) is 23.2 Å². The van der Waals surface area contributed by atoms with E-state index in [-0.39, 0.29) is 12.5 Å². The summed E-state index contributed by atoms with van der Waals surface area (Å²) >= 11 is 5.88. The minimum atomic E-state index is -0.526. The molecule has 3 N–H and O–H groups in total. The van der Waals surface area contributed by atoms with Crippen LogP contribution in [0.3, 0.4) is 0 Å². The molecule has 0 saturated carbocycles. The van der Waals surface area contributed by atoms with Crippen molar-refractivity contribution >= 4 is 29.1 Å². The SMILES string of the molecule is COc1ccc(Cl)cc1NC(=O)CN(C)[C@@H](C)C(N)=O. The Morgan fingerprint density at radius 1 is 1.50 bits per heavy atom.